The lowest BCUT2D eigenvalue weighted by atomic mass is 10.0. The van der Waals surface area contributed by atoms with Crippen molar-refractivity contribution >= 4 is 0 Å². The first-order valence-corrected chi connectivity index (χ1v) is 6.35. The maximum atomic E-state index is 5.76. The van der Waals surface area contributed by atoms with Gasteiger partial charge in [-0.2, -0.15) is 0 Å². The van der Waals surface area contributed by atoms with Gasteiger partial charge in [-0.3, -0.25) is 4.90 Å². The molecule has 16 heavy (non-hydrogen) atoms. The molecule has 0 atom stereocenters. The second-order valence-electron chi connectivity index (χ2n) is 5.14. The van der Waals surface area contributed by atoms with E-state index >= 15 is 0 Å². The molecule has 1 spiro atoms. The molecule has 2 rings (SSSR count). The van der Waals surface area contributed by atoms with Gasteiger partial charge in [-0.15, -0.1) is 0 Å². The highest BCUT2D eigenvalue weighted by Crippen LogP contribution is 2.29. The van der Waals surface area contributed by atoms with Crippen LogP contribution in [0.15, 0.2) is 0 Å². The molecule has 2 fully saturated rings. The summed E-state index contributed by atoms with van der Waals surface area (Å²) in [7, 11) is 4.25. The monoisotopic (exact) mass is 228 g/mol. The Hall–Kier alpha value is -0.160. The third-order valence-electron chi connectivity index (χ3n) is 3.39. The minimum absolute atomic E-state index is 0.254. The molecule has 2 aliphatic rings. The summed E-state index contributed by atoms with van der Waals surface area (Å²) in [6.45, 7) is 6.01. The van der Waals surface area contributed by atoms with Crippen LogP contribution in [0, 0.1) is 0 Å². The third-order valence-corrected chi connectivity index (χ3v) is 3.39. The van der Waals surface area contributed by atoms with Gasteiger partial charge in [0, 0.05) is 6.42 Å². The molecule has 4 nitrogen and oxygen atoms in total. The Morgan fingerprint density at radius 3 is 2.69 bits per heavy atom. The van der Waals surface area contributed by atoms with Gasteiger partial charge in [0.2, 0.25) is 0 Å². The van der Waals surface area contributed by atoms with Crippen LogP contribution in [0.25, 0.3) is 0 Å². The molecule has 4 heteroatoms. The standard InChI is InChI=1S/C12H24N2O2/c1-13(2)6-4-8-14-7-3-5-12(11-14)15-9-10-16-12/h3-11H2,1-2H3. The maximum absolute atomic E-state index is 5.76. The molecule has 0 aliphatic carbocycles. The molecular weight excluding hydrogens is 204 g/mol. The first-order valence-electron chi connectivity index (χ1n) is 6.35. The minimum atomic E-state index is -0.254. The van der Waals surface area contributed by atoms with E-state index in [0.717, 1.165) is 39.3 Å². The maximum Gasteiger partial charge on any atom is 0.181 e. The van der Waals surface area contributed by atoms with E-state index in [4.69, 9.17) is 9.47 Å². The topological polar surface area (TPSA) is 24.9 Å². The predicted molar refractivity (Wildman–Crippen MR) is 63.5 cm³/mol. The van der Waals surface area contributed by atoms with Crippen LogP contribution in [-0.2, 0) is 9.47 Å². The summed E-state index contributed by atoms with van der Waals surface area (Å²) in [6, 6.07) is 0. The van der Waals surface area contributed by atoms with Crippen molar-refractivity contribution < 1.29 is 9.47 Å². The van der Waals surface area contributed by atoms with Crippen molar-refractivity contribution in [2.75, 3.05) is 53.5 Å². The normalized spacial score (nSPS) is 25.7. The largest absolute Gasteiger partial charge is 0.346 e. The van der Waals surface area contributed by atoms with E-state index in [9.17, 15) is 0 Å². The molecule has 0 N–H and O–H groups in total. The SMILES string of the molecule is CN(C)CCCN1CCCC2(C1)OCCO2. The van der Waals surface area contributed by atoms with Gasteiger partial charge in [-0.25, -0.2) is 0 Å². The summed E-state index contributed by atoms with van der Waals surface area (Å²) < 4.78 is 11.5. The summed E-state index contributed by atoms with van der Waals surface area (Å²) in [5.41, 5.74) is 0. The first-order chi connectivity index (χ1) is 7.70. The molecule has 2 aliphatic heterocycles. The minimum Gasteiger partial charge on any atom is -0.346 e. The van der Waals surface area contributed by atoms with Gasteiger partial charge in [0.1, 0.15) is 0 Å². The number of ether oxygens (including phenoxy) is 2. The lowest BCUT2D eigenvalue weighted by Gasteiger charge is -2.38. The molecular formula is C12H24N2O2. The Bertz CT molecular complexity index is 215. The molecule has 2 saturated heterocycles. The number of piperidine rings is 1. The molecule has 0 saturated carbocycles. The fraction of sp³-hybridized carbons (Fsp3) is 1.00. The van der Waals surface area contributed by atoms with Gasteiger partial charge in [0.05, 0.1) is 19.8 Å². The highest BCUT2D eigenvalue weighted by molar-refractivity contribution is 4.83. The zero-order chi connectivity index (χ0) is 11.4. The molecule has 0 radical (unpaired) electrons. The number of hydrogen-bond acceptors (Lipinski definition) is 4. The van der Waals surface area contributed by atoms with Crippen LogP contribution in [0.1, 0.15) is 19.3 Å². The van der Waals surface area contributed by atoms with Crippen LogP contribution in [0.4, 0.5) is 0 Å². The Labute approximate surface area is 98.5 Å². The zero-order valence-electron chi connectivity index (χ0n) is 10.6. The Morgan fingerprint density at radius 1 is 1.25 bits per heavy atom. The van der Waals surface area contributed by atoms with E-state index in [1.54, 1.807) is 0 Å². The van der Waals surface area contributed by atoms with Crippen molar-refractivity contribution in [3.05, 3.63) is 0 Å². The Balaban J connectivity index is 1.74. The number of nitrogens with zero attached hydrogens (tertiary/aromatic N) is 2. The summed E-state index contributed by atoms with van der Waals surface area (Å²) in [4.78, 5) is 4.72. The summed E-state index contributed by atoms with van der Waals surface area (Å²) >= 11 is 0. The van der Waals surface area contributed by atoms with E-state index < -0.39 is 0 Å². The fourth-order valence-corrected chi connectivity index (χ4v) is 2.60. The molecule has 0 bridgehead atoms. The highest BCUT2D eigenvalue weighted by Gasteiger charge is 2.40. The molecule has 0 aromatic carbocycles. The van der Waals surface area contributed by atoms with Crippen LogP contribution in [0.5, 0.6) is 0 Å². The molecule has 0 unspecified atom stereocenters. The van der Waals surface area contributed by atoms with Gasteiger partial charge in [-0.1, -0.05) is 0 Å². The Morgan fingerprint density at radius 2 is 2.00 bits per heavy atom. The smallest absolute Gasteiger partial charge is 0.181 e. The fourth-order valence-electron chi connectivity index (χ4n) is 2.60. The van der Waals surface area contributed by atoms with Crippen LogP contribution < -0.4 is 0 Å². The van der Waals surface area contributed by atoms with Gasteiger partial charge in [0.15, 0.2) is 5.79 Å². The quantitative estimate of drug-likeness (QED) is 0.710. The number of rotatable bonds is 4. The van der Waals surface area contributed by atoms with Gasteiger partial charge in [0.25, 0.3) is 0 Å². The van der Waals surface area contributed by atoms with Gasteiger partial charge >= 0.3 is 0 Å². The van der Waals surface area contributed by atoms with Crippen molar-refractivity contribution in [3.8, 4) is 0 Å². The molecule has 0 aromatic rings. The van der Waals surface area contributed by atoms with Crippen molar-refractivity contribution in [1.29, 1.82) is 0 Å². The van der Waals surface area contributed by atoms with Crippen LogP contribution in [0.2, 0.25) is 0 Å². The lowest BCUT2D eigenvalue weighted by molar-refractivity contribution is -0.189. The van der Waals surface area contributed by atoms with Crippen molar-refractivity contribution in [2.45, 2.75) is 25.0 Å². The van der Waals surface area contributed by atoms with E-state index in [1.807, 2.05) is 0 Å². The van der Waals surface area contributed by atoms with Crippen molar-refractivity contribution in [2.24, 2.45) is 0 Å². The molecule has 0 aromatic heterocycles. The average molecular weight is 228 g/mol. The van der Waals surface area contributed by atoms with Crippen molar-refractivity contribution in [3.63, 3.8) is 0 Å². The lowest BCUT2D eigenvalue weighted by Crippen LogP contribution is -2.49. The first kappa shape index (κ1) is 12.3. The molecule has 94 valence electrons. The van der Waals surface area contributed by atoms with Gasteiger partial charge in [-0.05, 0) is 46.6 Å². The van der Waals surface area contributed by atoms with Crippen LogP contribution in [-0.4, -0.2) is 69.1 Å². The van der Waals surface area contributed by atoms with E-state index in [0.29, 0.717) is 0 Å². The summed E-state index contributed by atoms with van der Waals surface area (Å²) in [5.74, 6) is -0.254. The average Bonchev–Trinajstić information content (AvgIpc) is 2.66. The van der Waals surface area contributed by atoms with Crippen molar-refractivity contribution in [1.82, 2.24) is 9.80 Å². The zero-order valence-corrected chi connectivity index (χ0v) is 10.6. The second-order valence-corrected chi connectivity index (χ2v) is 5.14. The predicted octanol–water partition coefficient (Wildman–Crippen LogP) is 0.777. The third kappa shape index (κ3) is 3.17. The molecule has 0 amide bonds. The highest BCUT2D eigenvalue weighted by atomic mass is 16.7. The van der Waals surface area contributed by atoms with Crippen LogP contribution in [0.3, 0.4) is 0 Å². The van der Waals surface area contributed by atoms with E-state index in [1.165, 1.54) is 19.4 Å². The second kappa shape index (κ2) is 5.45. The Kier molecular flexibility index (Phi) is 4.19. The molecule has 2 heterocycles. The summed E-state index contributed by atoms with van der Waals surface area (Å²) in [6.07, 6.45) is 3.49. The summed E-state index contributed by atoms with van der Waals surface area (Å²) in [5, 5.41) is 0. The number of hydrogen-bond donors (Lipinski definition) is 0. The van der Waals surface area contributed by atoms with E-state index in [2.05, 4.69) is 23.9 Å². The number of likely N-dealkylation sites (tertiary alicyclic amines) is 1. The van der Waals surface area contributed by atoms with E-state index in [-0.39, 0.29) is 5.79 Å². The van der Waals surface area contributed by atoms with Gasteiger partial charge < -0.3 is 14.4 Å². The van der Waals surface area contributed by atoms with Crippen LogP contribution >= 0.6 is 0 Å².